The van der Waals surface area contributed by atoms with Gasteiger partial charge in [-0.1, -0.05) is 0 Å². The van der Waals surface area contributed by atoms with Crippen molar-refractivity contribution in [1.82, 2.24) is 5.32 Å². The van der Waals surface area contributed by atoms with E-state index < -0.39 is 0 Å². The Hall–Kier alpha value is 0.960. The molecule has 1 radical (unpaired) electrons. The molecule has 0 rings (SSSR count). The summed E-state index contributed by atoms with van der Waals surface area (Å²) in [5.74, 6) is 0. The number of hydrogen-bond acceptors (Lipinski definition) is 1. The molecular weight excluding hydrogens is 133 g/mol. The second kappa shape index (κ2) is 4.10. The van der Waals surface area contributed by atoms with E-state index in [0.717, 1.165) is 0 Å². The Morgan fingerprint density at radius 3 is 0.900 bits per heavy atom. The Kier molecular flexibility index (Phi) is 5.56. The largest absolute Gasteiger partial charge is 0.307 e. The fourth-order valence-electron chi connectivity index (χ4n) is 1.12. The van der Waals surface area contributed by atoms with Crippen LogP contribution in [-0.2, 0) is 0 Å². The first-order valence-corrected chi connectivity index (χ1v) is 3.50. The van der Waals surface area contributed by atoms with Crippen molar-refractivity contribution in [3.63, 3.8) is 0 Å². The first kappa shape index (κ1) is 13.5. The third-order valence-corrected chi connectivity index (χ3v) is 0.750. The van der Waals surface area contributed by atoms with Gasteiger partial charge in [0.05, 0.1) is 0 Å². The zero-order valence-corrected chi connectivity index (χ0v) is 10.5. The average molecular weight is 152 g/mol. The molecular formula is C8H19NNa. The van der Waals surface area contributed by atoms with E-state index in [0.29, 0.717) is 0 Å². The van der Waals surface area contributed by atoms with Crippen molar-refractivity contribution in [3.8, 4) is 0 Å². The maximum atomic E-state index is 3.46. The Balaban J connectivity index is 0. The van der Waals surface area contributed by atoms with Crippen LogP contribution < -0.4 is 5.32 Å². The van der Waals surface area contributed by atoms with Crippen LogP contribution in [0.5, 0.6) is 0 Å². The molecule has 0 aromatic carbocycles. The Labute approximate surface area is 87.3 Å². The summed E-state index contributed by atoms with van der Waals surface area (Å²) in [5, 5.41) is 3.46. The summed E-state index contributed by atoms with van der Waals surface area (Å²) in [4.78, 5) is 0. The van der Waals surface area contributed by atoms with E-state index in [1.54, 1.807) is 0 Å². The molecule has 0 aromatic rings. The molecule has 0 unspecified atom stereocenters. The molecule has 0 amide bonds. The molecule has 10 heavy (non-hydrogen) atoms. The van der Waals surface area contributed by atoms with E-state index in [4.69, 9.17) is 0 Å². The summed E-state index contributed by atoms with van der Waals surface area (Å²) in [6.07, 6.45) is 0. The van der Waals surface area contributed by atoms with Gasteiger partial charge in [-0.05, 0) is 41.5 Å². The van der Waals surface area contributed by atoms with Crippen molar-refractivity contribution < 1.29 is 0 Å². The van der Waals surface area contributed by atoms with Crippen LogP contribution in [0.2, 0.25) is 0 Å². The monoisotopic (exact) mass is 152 g/mol. The van der Waals surface area contributed by atoms with Gasteiger partial charge in [0.1, 0.15) is 0 Å². The van der Waals surface area contributed by atoms with E-state index in [1.807, 2.05) is 0 Å². The molecule has 0 fully saturated rings. The van der Waals surface area contributed by atoms with Gasteiger partial charge >= 0.3 is 0 Å². The normalized spacial score (nSPS) is 12.6. The van der Waals surface area contributed by atoms with Crippen molar-refractivity contribution in [2.24, 2.45) is 0 Å². The molecule has 0 saturated carbocycles. The molecule has 0 bridgehead atoms. The third-order valence-electron chi connectivity index (χ3n) is 0.750. The second-order valence-corrected chi connectivity index (χ2v) is 4.62. The molecule has 1 N–H and O–H groups in total. The van der Waals surface area contributed by atoms with Crippen LogP contribution in [0, 0.1) is 0 Å². The van der Waals surface area contributed by atoms with Crippen LogP contribution in [-0.4, -0.2) is 40.6 Å². The second-order valence-electron chi connectivity index (χ2n) is 4.62. The van der Waals surface area contributed by atoms with Gasteiger partial charge in [-0.25, -0.2) is 0 Å². The standard InChI is InChI=1S/C8H19N.Na/c1-7(2,3)9-8(4,5)6;/h9H,1-6H3;. The minimum absolute atomic E-state index is 0. The molecule has 0 spiro atoms. The molecule has 2 heteroatoms. The smallest absolute Gasteiger partial charge is 0.0101 e. The van der Waals surface area contributed by atoms with Crippen LogP contribution in [0.3, 0.4) is 0 Å². The third kappa shape index (κ3) is 11.7. The summed E-state index contributed by atoms with van der Waals surface area (Å²) < 4.78 is 0. The molecule has 0 aromatic heterocycles. The van der Waals surface area contributed by atoms with Crippen LogP contribution >= 0.6 is 0 Å². The summed E-state index contributed by atoms with van der Waals surface area (Å²) >= 11 is 0. The van der Waals surface area contributed by atoms with Crippen LogP contribution in [0.4, 0.5) is 0 Å². The molecule has 0 aliphatic rings. The first-order chi connectivity index (χ1) is 3.71. The van der Waals surface area contributed by atoms with Gasteiger partial charge < -0.3 is 5.32 Å². The zero-order chi connectivity index (χ0) is 7.71. The Morgan fingerprint density at radius 1 is 0.700 bits per heavy atom. The molecule has 0 atom stereocenters. The van der Waals surface area contributed by atoms with Crippen molar-refractivity contribution in [2.45, 2.75) is 52.6 Å². The maximum Gasteiger partial charge on any atom is 0.0101 e. The van der Waals surface area contributed by atoms with Gasteiger partial charge in [0.25, 0.3) is 0 Å². The Morgan fingerprint density at radius 2 is 0.900 bits per heavy atom. The quantitative estimate of drug-likeness (QED) is 0.522. The topological polar surface area (TPSA) is 12.0 Å². The summed E-state index contributed by atoms with van der Waals surface area (Å²) in [5.41, 5.74) is 0.469. The molecule has 1 nitrogen and oxygen atoms in total. The fourth-order valence-corrected chi connectivity index (χ4v) is 1.12. The minimum atomic E-state index is 0. The van der Waals surface area contributed by atoms with Gasteiger partial charge in [0.15, 0.2) is 0 Å². The van der Waals surface area contributed by atoms with Crippen LogP contribution in [0.15, 0.2) is 0 Å². The van der Waals surface area contributed by atoms with Gasteiger partial charge in [-0.15, -0.1) is 0 Å². The van der Waals surface area contributed by atoms with Crippen LogP contribution in [0.1, 0.15) is 41.5 Å². The average Bonchev–Trinajstić information content (AvgIpc) is 1.14. The predicted octanol–water partition coefficient (Wildman–Crippen LogP) is 1.79. The van der Waals surface area contributed by atoms with Crippen molar-refractivity contribution in [3.05, 3.63) is 0 Å². The van der Waals surface area contributed by atoms with E-state index in [-0.39, 0.29) is 40.6 Å². The van der Waals surface area contributed by atoms with Gasteiger partial charge in [0, 0.05) is 40.6 Å². The SMILES string of the molecule is CC(C)(C)NC(C)(C)C.[Na]. The van der Waals surface area contributed by atoms with Crippen molar-refractivity contribution in [2.75, 3.05) is 0 Å². The number of rotatable bonds is 0. The maximum absolute atomic E-state index is 3.46. The number of hydrogen-bond donors (Lipinski definition) is 1. The van der Waals surface area contributed by atoms with Crippen molar-refractivity contribution >= 4 is 29.6 Å². The number of nitrogens with one attached hydrogen (secondary N) is 1. The molecule has 0 heterocycles. The van der Waals surface area contributed by atoms with Gasteiger partial charge in [0.2, 0.25) is 0 Å². The first-order valence-electron chi connectivity index (χ1n) is 3.50. The molecule has 0 aliphatic carbocycles. The molecule has 57 valence electrons. The van der Waals surface area contributed by atoms with Gasteiger partial charge in [-0.3, -0.25) is 0 Å². The molecule has 0 saturated heterocycles. The summed E-state index contributed by atoms with van der Waals surface area (Å²) in [6, 6.07) is 0. The summed E-state index contributed by atoms with van der Waals surface area (Å²) in [6.45, 7) is 13.1. The Bertz CT molecular complexity index is 74.4. The van der Waals surface area contributed by atoms with Crippen LogP contribution in [0.25, 0.3) is 0 Å². The zero-order valence-electron chi connectivity index (χ0n) is 8.50. The van der Waals surface area contributed by atoms with E-state index >= 15 is 0 Å². The molecule has 0 aliphatic heterocycles. The van der Waals surface area contributed by atoms with E-state index in [1.165, 1.54) is 0 Å². The van der Waals surface area contributed by atoms with E-state index in [9.17, 15) is 0 Å². The minimum Gasteiger partial charge on any atom is -0.307 e. The van der Waals surface area contributed by atoms with Gasteiger partial charge in [-0.2, -0.15) is 0 Å². The predicted molar refractivity (Wildman–Crippen MR) is 48.4 cm³/mol. The summed E-state index contributed by atoms with van der Waals surface area (Å²) in [7, 11) is 0. The van der Waals surface area contributed by atoms with Crippen molar-refractivity contribution in [1.29, 1.82) is 0 Å². The fraction of sp³-hybridized carbons (Fsp3) is 1.00. The van der Waals surface area contributed by atoms with E-state index in [2.05, 4.69) is 46.9 Å².